The van der Waals surface area contributed by atoms with Crippen LogP contribution in [0.2, 0.25) is 0 Å². The van der Waals surface area contributed by atoms with Crippen LogP contribution in [0, 0.1) is 0 Å². The molecule has 4 heteroatoms. The average molecular weight is 280 g/mol. The maximum atomic E-state index is 10.1. The Balaban J connectivity index is 2.00. The Morgan fingerprint density at radius 1 is 1.35 bits per heavy atom. The van der Waals surface area contributed by atoms with E-state index in [9.17, 15) is 5.11 Å². The predicted molar refractivity (Wildman–Crippen MR) is 77.3 cm³/mol. The molecule has 0 aliphatic carbocycles. The summed E-state index contributed by atoms with van der Waals surface area (Å²) >= 11 is 0. The zero-order chi connectivity index (χ0) is 14.8. The van der Waals surface area contributed by atoms with Crippen molar-refractivity contribution in [3.05, 3.63) is 23.8 Å². The van der Waals surface area contributed by atoms with Crippen LogP contribution in [0.3, 0.4) is 0 Å². The number of ether oxygens (including phenoxy) is 3. The van der Waals surface area contributed by atoms with Crippen molar-refractivity contribution >= 4 is 0 Å². The Bertz CT molecular complexity index is 454. The van der Waals surface area contributed by atoms with Crippen LogP contribution in [0.25, 0.3) is 0 Å². The molecular weight excluding hydrogens is 256 g/mol. The van der Waals surface area contributed by atoms with Crippen LogP contribution in [0.1, 0.15) is 45.8 Å². The van der Waals surface area contributed by atoms with Gasteiger partial charge in [0.25, 0.3) is 0 Å². The molecule has 0 radical (unpaired) electrons. The average Bonchev–Trinajstić information content (AvgIpc) is 2.32. The van der Waals surface area contributed by atoms with Crippen molar-refractivity contribution in [3.8, 4) is 11.5 Å². The molecule has 1 heterocycles. The summed E-state index contributed by atoms with van der Waals surface area (Å²) in [5.74, 6) is 1.44. The molecule has 2 rings (SSSR count). The van der Waals surface area contributed by atoms with Crippen LogP contribution >= 0.6 is 0 Å². The molecule has 20 heavy (non-hydrogen) atoms. The van der Waals surface area contributed by atoms with Crippen LogP contribution < -0.4 is 9.47 Å². The Kier molecular flexibility index (Phi) is 4.55. The summed E-state index contributed by atoms with van der Waals surface area (Å²) in [5.41, 5.74) is 0.473. The van der Waals surface area contributed by atoms with E-state index in [1.807, 2.05) is 45.9 Å². The van der Waals surface area contributed by atoms with Gasteiger partial charge in [-0.05, 0) is 39.8 Å². The third-order valence-electron chi connectivity index (χ3n) is 3.22. The van der Waals surface area contributed by atoms with Gasteiger partial charge in [-0.1, -0.05) is 0 Å². The fraction of sp³-hybridized carbons (Fsp3) is 0.625. The molecule has 1 atom stereocenters. The van der Waals surface area contributed by atoms with Gasteiger partial charge in [0, 0.05) is 18.1 Å². The summed E-state index contributed by atoms with van der Waals surface area (Å²) in [6.07, 6.45) is 0.330. The van der Waals surface area contributed by atoms with E-state index >= 15 is 0 Å². The SMILES string of the molecule is CC(C)OCCOc1ccc2c(c1)OC(C)(C)CC2O. The highest BCUT2D eigenvalue weighted by Crippen LogP contribution is 2.40. The van der Waals surface area contributed by atoms with Gasteiger partial charge in [-0.15, -0.1) is 0 Å². The molecule has 1 N–H and O–H groups in total. The molecule has 1 aromatic carbocycles. The molecule has 1 aliphatic heterocycles. The Morgan fingerprint density at radius 2 is 2.10 bits per heavy atom. The number of fused-ring (bicyclic) bond motifs is 1. The molecule has 1 unspecified atom stereocenters. The van der Waals surface area contributed by atoms with Crippen molar-refractivity contribution in [3.63, 3.8) is 0 Å². The molecule has 0 fully saturated rings. The lowest BCUT2D eigenvalue weighted by Crippen LogP contribution is -2.34. The lowest BCUT2D eigenvalue weighted by Gasteiger charge is -2.35. The van der Waals surface area contributed by atoms with E-state index < -0.39 is 6.10 Å². The van der Waals surface area contributed by atoms with Gasteiger partial charge in [0.15, 0.2) is 0 Å². The molecule has 0 amide bonds. The van der Waals surface area contributed by atoms with Crippen LogP contribution in [0.4, 0.5) is 0 Å². The van der Waals surface area contributed by atoms with Gasteiger partial charge in [0.1, 0.15) is 23.7 Å². The molecule has 0 bridgehead atoms. The first kappa shape index (κ1) is 15.1. The zero-order valence-corrected chi connectivity index (χ0v) is 12.7. The zero-order valence-electron chi connectivity index (χ0n) is 12.7. The number of hydrogen-bond donors (Lipinski definition) is 1. The second kappa shape index (κ2) is 6.02. The fourth-order valence-electron chi connectivity index (χ4n) is 2.33. The number of aliphatic hydroxyl groups is 1. The summed E-state index contributed by atoms with van der Waals surface area (Å²) in [4.78, 5) is 0. The van der Waals surface area contributed by atoms with Crippen molar-refractivity contribution in [2.24, 2.45) is 0 Å². The lowest BCUT2D eigenvalue weighted by atomic mass is 9.92. The topological polar surface area (TPSA) is 47.9 Å². The maximum absolute atomic E-state index is 10.1. The second-order valence-electron chi connectivity index (χ2n) is 6.05. The minimum absolute atomic E-state index is 0.210. The molecule has 0 saturated heterocycles. The maximum Gasteiger partial charge on any atom is 0.129 e. The Morgan fingerprint density at radius 3 is 2.80 bits per heavy atom. The van der Waals surface area contributed by atoms with Gasteiger partial charge < -0.3 is 19.3 Å². The standard InChI is InChI=1S/C16H24O4/c1-11(2)18-7-8-19-12-5-6-13-14(17)10-16(3,4)20-15(13)9-12/h5-6,9,11,14,17H,7-8,10H2,1-4H3. The van der Waals surface area contributed by atoms with Gasteiger partial charge in [0.2, 0.25) is 0 Å². The quantitative estimate of drug-likeness (QED) is 0.842. The lowest BCUT2D eigenvalue weighted by molar-refractivity contribution is 0.0111. The third-order valence-corrected chi connectivity index (χ3v) is 3.22. The fourth-order valence-corrected chi connectivity index (χ4v) is 2.33. The van der Waals surface area contributed by atoms with Gasteiger partial charge in [-0.25, -0.2) is 0 Å². The van der Waals surface area contributed by atoms with E-state index in [1.165, 1.54) is 0 Å². The normalized spacial score (nSPS) is 20.4. The van der Waals surface area contributed by atoms with E-state index in [1.54, 1.807) is 0 Å². The first-order valence-electron chi connectivity index (χ1n) is 7.13. The highest BCUT2D eigenvalue weighted by Gasteiger charge is 2.32. The molecular formula is C16H24O4. The molecule has 1 aliphatic rings. The smallest absolute Gasteiger partial charge is 0.129 e. The van der Waals surface area contributed by atoms with E-state index in [2.05, 4.69) is 0 Å². The molecule has 0 spiro atoms. The van der Waals surface area contributed by atoms with Gasteiger partial charge in [-0.3, -0.25) is 0 Å². The van der Waals surface area contributed by atoms with Crippen LogP contribution in [0.5, 0.6) is 11.5 Å². The van der Waals surface area contributed by atoms with Gasteiger partial charge >= 0.3 is 0 Å². The summed E-state index contributed by atoms with van der Waals surface area (Å²) in [6, 6.07) is 5.57. The molecule has 4 nitrogen and oxygen atoms in total. The second-order valence-corrected chi connectivity index (χ2v) is 6.05. The van der Waals surface area contributed by atoms with E-state index in [-0.39, 0.29) is 11.7 Å². The summed E-state index contributed by atoms with van der Waals surface area (Å²) in [7, 11) is 0. The molecule has 0 saturated carbocycles. The van der Waals surface area contributed by atoms with Crippen LogP contribution in [0.15, 0.2) is 18.2 Å². The first-order valence-corrected chi connectivity index (χ1v) is 7.13. The number of hydrogen-bond acceptors (Lipinski definition) is 4. The van der Waals surface area contributed by atoms with Crippen molar-refractivity contribution < 1.29 is 19.3 Å². The minimum atomic E-state index is -0.480. The van der Waals surface area contributed by atoms with E-state index in [4.69, 9.17) is 14.2 Å². The monoisotopic (exact) mass is 280 g/mol. The first-order chi connectivity index (χ1) is 9.37. The summed E-state index contributed by atoms with van der Waals surface area (Å²) in [6.45, 7) is 9.01. The van der Waals surface area contributed by atoms with Crippen LogP contribution in [-0.2, 0) is 4.74 Å². The molecule has 1 aromatic rings. The summed E-state index contributed by atoms with van der Waals surface area (Å²) in [5, 5.41) is 10.1. The number of rotatable bonds is 5. The third kappa shape index (κ3) is 3.87. The van der Waals surface area contributed by atoms with Gasteiger partial charge in [-0.2, -0.15) is 0 Å². The summed E-state index contributed by atoms with van der Waals surface area (Å²) < 4.78 is 17.0. The van der Waals surface area contributed by atoms with Crippen molar-refractivity contribution in [2.75, 3.05) is 13.2 Å². The minimum Gasteiger partial charge on any atom is -0.491 e. The number of benzene rings is 1. The van der Waals surface area contributed by atoms with Crippen molar-refractivity contribution in [1.82, 2.24) is 0 Å². The largest absolute Gasteiger partial charge is 0.491 e. The predicted octanol–water partition coefficient (Wildman–Crippen LogP) is 3.08. The van der Waals surface area contributed by atoms with Crippen LogP contribution in [-0.4, -0.2) is 30.0 Å². The van der Waals surface area contributed by atoms with Gasteiger partial charge in [0.05, 0.1) is 18.8 Å². The van der Waals surface area contributed by atoms with E-state index in [0.29, 0.717) is 25.4 Å². The highest BCUT2D eigenvalue weighted by molar-refractivity contribution is 5.43. The highest BCUT2D eigenvalue weighted by atomic mass is 16.5. The van der Waals surface area contributed by atoms with Crippen molar-refractivity contribution in [2.45, 2.75) is 51.9 Å². The Hall–Kier alpha value is -1.26. The Labute approximate surface area is 120 Å². The molecule has 0 aromatic heterocycles. The van der Waals surface area contributed by atoms with E-state index in [0.717, 1.165) is 11.3 Å². The number of aliphatic hydroxyl groups excluding tert-OH is 1. The van der Waals surface area contributed by atoms with Crippen molar-refractivity contribution in [1.29, 1.82) is 0 Å². The molecule has 112 valence electrons.